The first-order valence-electron chi connectivity index (χ1n) is 10.2. The lowest BCUT2D eigenvalue weighted by Crippen LogP contribution is -2.51. The Kier molecular flexibility index (Phi) is 7.33. The van der Waals surface area contributed by atoms with Crippen molar-refractivity contribution in [2.45, 2.75) is 26.3 Å². The van der Waals surface area contributed by atoms with Crippen LogP contribution in [-0.2, 0) is 0 Å². The van der Waals surface area contributed by atoms with E-state index in [-0.39, 0.29) is 5.91 Å². The minimum atomic E-state index is 0.0175. The molecule has 8 nitrogen and oxygen atoms in total. The molecule has 1 aliphatic rings. The van der Waals surface area contributed by atoms with Crippen molar-refractivity contribution in [1.82, 2.24) is 19.8 Å². The minimum absolute atomic E-state index is 0.0175. The van der Waals surface area contributed by atoms with E-state index in [0.717, 1.165) is 32.6 Å². The van der Waals surface area contributed by atoms with E-state index in [0.29, 0.717) is 39.8 Å². The summed E-state index contributed by atoms with van der Waals surface area (Å²) in [5, 5.41) is 6.47. The fraction of sp³-hybridized carbons (Fsp3) is 0.476. The van der Waals surface area contributed by atoms with Gasteiger partial charge in [-0.15, -0.1) is 0 Å². The zero-order valence-corrected chi connectivity index (χ0v) is 18.7. The zero-order valence-electron chi connectivity index (χ0n) is 17.9. The quantitative estimate of drug-likeness (QED) is 0.693. The monoisotopic (exact) mass is 432 g/mol. The molecule has 0 bridgehead atoms. The van der Waals surface area contributed by atoms with Gasteiger partial charge in [-0.05, 0) is 31.5 Å². The molecule has 1 amide bonds. The van der Waals surface area contributed by atoms with E-state index in [1.54, 1.807) is 32.4 Å². The van der Waals surface area contributed by atoms with Gasteiger partial charge in [0.05, 0.1) is 19.0 Å². The van der Waals surface area contributed by atoms with E-state index in [1.165, 1.54) is 6.20 Å². The van der Waals surface area contributed by atoms with Crippen LogP contribution in [0.4, 0.5) is 17.5 Å². The Hall–Kier alpha value is -2.58. The van der Waals surface area contributed by atoms with Crippen molar-refractivity contribution >= 4 is 35.0 Å². The van der Waals surface area contributed by atoms with E-state index in [2.05, 4.69) is 39.3 Å². The second kappa shape index (κ2) is 9.95. The predicted octanol–water partition coefficient (Wildman–Crippen LogP) is 3.48. The number of methoxy groups -OCH3 is 1. The second-order valence-electron chi connectivity index (χ2n) is 7.27. The smallest absolute Gasteiger partial charge is 0.254 e. The highest BCUT2D eigenvalue weighted by atomic mass is 35.5. The summed E-state index contributed by atoms with van der Waals surface area (Å²) in [6, 6.07) is 5.90. The van der Waals surface area contributed by atoms with E-state index < -0.39 is 0 Å². The number of hydrogen-bond donors (Lipinski definition) is 2. The molecule has 1 atom stereocenters. The molecule has 1 saturated heterocycles. The molecule has 2 aromatic rings. The Morgan fingerprint density at radius 2 is 2.03 bits per heavy atom. The third-order valence-electron chi connectivity index (χ3n) is 5.49. The maximum absolute atomic E-state index is 13.0. The molecule has 1 aromatic heterocycles. The first-order chi connectivity index (χ1) is 14.5. The number of hydrogen-bond acceptors (Lipinski definition) is 7. The van der Waals surface area contributed by atoms with Gasteiger partial charge in [-0.2, -0.15) is 4.98 Å². The summed E-state index contributed by atoms with van der Waals surface area (Å²) in [6.07, 6.45) is 2.64. The first kappa shape index (κ1) is 22.1. The van der Waals surface area contributed by atoms with Crippen LogP contribution < -0.4 is 15.4 Å². The van der Waals surface area contributed by atoms with Crippen molar-refractivity contribution in [1.29, 1.82) is 0 Å². The van der Waals surface area contributed by atoms with Crippen LogP contribution in [0.1, 0.15) is 30.6 Å². The molecular formula is C21H29ClN6O2. The standard InChI is InChI=1S/C21H29ClN6O2/c1-5-14(2)27-8-10-28(11-9-27)20(29)15-6-7-17(18(12-15)30-4)25-21-24-13-16(22)19(23-3)26-21/h6-7,12-14H,5,8-11H2,1-4H3,(H2,23,24,25,26). The van der Waals surface area contributed by atoms with Crippen LogP contribution in [0.5, 0.6) is 5.75 Å². The fourth-order valence-corrected chi connectivity index (χ4v) is 3.64. The number of halogens is 1. The molecule has 1 aliphatic heterocycles. The highest BCUT2D eigenvalue weighted by Crippen LogP contribution is 2.29. The lowest BCUT2D eigenvalue weighted by atomic mass is 10.1. The van der Waals surface area contributed by atoms with Crippen molar-refractivity contribution in [2.75, 3.05) is 51.0 Å². The number of anilines is 3. The summed E-state index contributed by atoms with van der Waals surface area (Å²) in [6.45, 7) is 7.70. The Labute approximate surface area is 182 Å². The highest BCUT2D eigenvalue weighted by Gasteiger charge is 2.24. The van der Waals surface area contributed by atoms with Crippen LogP contribution in [-0.4, -0.2) is 72.1 Å². The summed E-state index contributed by atoms with van der Waals surface area (Å²) in [5.41, 5.74) is 1.27. The average molecular weight is 433 g/mol. The van der Waals surface area contributed by atoms with Gasteiger partial charge in [-0.25, -0.2) is 4.98 Å². The number of nitrogens with zero attached hydrogens (tertiary/aromatic N) is 4. The van der Waals surface area contributed by atoms with Crippen molar-refractivity contribution in [3.05, 3.63) is 35.0 Å². The van der Waals surface area contributed by atoms with Crippen molar-refractivity contribution < 1.29 is 9.53 Å². The van der Waals surface area contributed by atoms with Crippen LogP contribution in [0.25, 0.3) is 0 Å². The van der Waals surface area contributed by atoms with E-state index in [9.17, 15) is 4.79 Å². The molecule has 0 radical (unpaired) electrons. The lowest BCUT2D eigenvalue weighted by molar-refractivity contribution is 0.0579. The molecule has 1 fully saturated rings. The zero-order chi connectivity index (χ0) is 21.7. The molecule has 1 unspecified atom stereocenters. The molecule has 162 valence electrons. The molecule has 0 saturated carbocycles. The largest absolute Gasteiger partial charge is 0.495 e. The number of aromatic nitrogens is 2. The van der Waals surface area contributed by atoms with Gasteiger partial charge < -0.3 is 20.3 Å². The van der Waals surface area contributed by atoms with E-state index in [1.807, 2.05) is 4.90 Å². The van der Waals surface area contributed by atoms with Gasteiger partial charge in [-0.1, -0.05) is 18.5 Å². The van der Waals surface area contributed by atoms with Crippen molar-refractivity contribution in [3.63, 3.8) is 0 Å². The summed E-state index contributed by atoms with van der Waals surface area (Å²) in [4.78, 5) is 25.8. The Morgan fingerprint density at radius 3 is 2.67 bits per heavy atom. The van der Waals surface area contributed by atoms with Gasteiger partial charge >= 0.3 is 0 Å². The fourth-order valence-electron chi connectivity index (χ4n) is 3.46. The maximum Gasteiger partial charge on any atom is 0.254 e. The van der Waals surface area contributed by atoms with Gasteiger partial charge in [0.2, 0.25) is 5.95 Å². The number of carbonyl (C=O) groups excluding carboxylic acids is 1. The van der Waals surface area contributed by atoms with Gasteiger partial charge in [0, 0.05) is 44.8 Å². The number of ether oxygens (including phenoxy) is 1. The molecule has 2 N–H and O–H groups in total. The van der Waals surface area contributed by atoms with Gasteiger partial charge in [0.25, 0.3) is 5.91 Å². The van der Waals surface area contributed by atoms with Crippen LogP contribution in [0, 0.1) is 0 Å². The minimum Gasteiger partial charge on any atom is -0.495 e. The predicted molar refractivity (Wildman–Crippen MR) is 120 cm³/mol. The molecule has 2 heterocycles. The van der Waals surface area contributed by atoms with Gasteiger partial charge in [0.1, 0.15) is 16.6 Å². The summed E-state index contributed by atoms with van der Waals surface area (Å²) in [5.74, 6) is 1.46. The van der Waals surface area contributed by atoms with Crippen LogP contribution in [0.3, 0.4) is 0 Å². The molecule has 0 spiro atoms. The third-order valence-corrected chi connectivity index (χ3v) is 5.77. The normalized spacial score (nSPS) is 15.6. The Bertz CT molecular complexity index is 886. The molecule has 30 heavy (non-hydrogen) atoms. The number of rotatable bonds is 7. The van der Waals surface area contributed by atoms with E-state index >= 15 is 0 Å². The first-order valence-corrected chi connectivity index (χ1v) is 10.5. The molecule has 1 aromatic carbocycles. The molecule has 9 heteroatoms. The number of carbonyl (C=O) groups is 1. The van der Waals surface area contributed by atoms with Crippen molar-refractivity contribution in [2.24, 2.45) is 0 Å². The van der Waals surface area contributed by atoms with Crippen LogP contribution >= 0.6 is 11.6 Å². The third kappa shape index (κ3) is 4.94. The summed E-state index contributed by atoms with van der Waals surface area (Å²) in [7, 11) is 3.31. The average Bonchev–Trinajstić information content (AvgIpc) is 2.79. The van der Waals surface area contributed by atoms with E-state index in [4.69, 9.17) is 16.3 Å². The second-order valence-corrected chi connectivity index (χ2v) is 7.67. The maximum atomic E-state index is 13.0. The Balaban J connectivity index is 1.72. The number of piperazine rings is 1. The highest BCUT2D eigenvalue weighted by molar-refractivity contribution is 6.32. The molecule has 0 aliphatic carbocycles. The Morgan fingerprint density at radius 1 is 1.30 bits per heavy atom. The molecular weight excluding hydrogens is 404 g/mol. The topological polar surface area (TPSA) is 82.6 Å². The van der Waals surface area contributed by atoms with Gasteiger partial charge in [-0.3, -0.25) is 9.69 Å². The summed E-state index contributed by atoms with van der Waals surface area (Å²) >= 11 is 6.04. The molecule has 3 rings (SSSR count). The number of benzene rings is 1. The lowest BCUT2D eigenvalue weighted by Gasteiger charge is -2.37. The SMILES string of the molecule is CCC(C)N1CCN(C(=O)c2ccc(Nc3ncc(Cl)c(NC)n3)c(OC)c2)CC1. The number of nitrogens with one attached hydrogen (secondary N) is 2. The number of amides is 1. The van der Waals surface area contributed by atoms with Crippen LogP contribution in [0.2, 0.25) is 5.02 Å². The summed E-state index contributed by atoms with van der Waals surface area (Å²) < 4.78 is 5.50. The van der Waals surface area contributed by atoms with Crippen molar-refractivity contribution in [3.8, 4) is 5.75 Å². The van der Waals surface area contributed by atoms with Gasteiger partial charge in [0.15, 0.2) is 0 Å². The van der Waals surface area contributed by atoms with Crippen LogP contribution in [0.15, 0.2) is 24.4 Å².